The van der Waals surface area contributed by atoms with Gasteiger partial charge in [0, 0.05) is 5.56 Å². The van der Waals surface area contributed by atoms with Gasteiger partial charge in [-0.05, 0) is 12.1 Å². The van der Waals surface area contributed by atoms with E-state index in [0.717, 1.165) is 12.1 Å². The van der Waals surface area contributed by atoms with Crippen molar-refractivity contribution in [3.63, 3.8) is 0 Å². The number of ketones is 1. The Morgan fingerprint density at radius 3 is 1.87 bits per heavy atom. The molecule has 1 rings (SSSR count). The Morgan fingerprint density at radius 2 is 1.53 bits per heavy atom. The van der Waals surface area contributed by atoms with Crippen LogP contribution in [0.5, 0.6) is 0 Å². The molecule has 0 aliphatic rings. The van der Waals surface area contributed by atoms with E-state index in [1.54, 1.807) is 0 Å². The van der Waals surface area contributed by atoms with Crippen molar-refractivity contribution >= 4 is 5.78 Å². The molecular formula is C9H5F5O. The van der Waals surface area contributed by atoms with E-state index in [-0.39, 0.29) is 0 Å². The van der Waals surface area contributed by atoms with Crippen LogP contribution >= 0.6 is 0 Å². The number of alkyl halides is 5. The topological polar surface area (TPSA) is 17.1 Å². The second-order valence-corrected chi connectivity index (χ2v) is 2.74. The monoisotopic (exact) mass is 224 g/mol. The predicted octanol–water partition coefficient (Wildman–Crippen LogP) is 3.15. The summed E-state index contributed by atoms with van der Waals surface area (Å²) in [5, 5.41) is 0. The number of benzene rings is 1. The van der Waals surface area contributed by atoms with Crippen molar-refractivity contribution in [2.45, 2.75) is 12.6 Å². The Labute approximate surface area is 81.5 Å². The van der Waals surface area contributed by atoms with Crippen molar-refractivity contribution < 1.29 is 26.7 Å². The highest BCUT2D eigenvalue weighted by atomic mass is 19.4. The molecule has 0 aliphatic heterocycles. The van der Waals surface area contributed by atoms with Crippen molar-refractivity contribution in [2.75, 3.05) is 0 Å². The first-order chi connectivity index (χ1) is 6.82. The summed E-state index contributed by atoms with van der Waals surface area (Å²) in [6, 6.07) is 2.65. The molecule has 0 atom stereocenters. The molecular weight excluding hydrogens is 219 g/mol. The van der Waals surface area contributed by atoms with Crippen LogP contribution in [0.3, 0.4) is 0 Å². The zero-order chi connectivity index (χ0) is 11.6. The van der Waals surface area contributed by atoms with Crippen molar-refractivity contribution in [3.8, 4) is 0 Å². The third kappa shape index (κ3) is 2.74. The lowest BCUT2D eigenvalue weighted by atomic mass is 10.1. The second-order valence-electron chi connectivity index (χ2n) is 2.74. The van der Waals surface area contributed by atoms with Crippen LogP contribution in [0.2, 0.25) is 0 Å². The van der Waals surface area contributed by atoms with E-state index >= 15 is 0 Å². The average molecular weight is 224 g/mol. The van der Waals surface area contributed by atoms with Crippen LogP contribution in [0.4, 0.5) is 22.0 Å². The highest BCUT2D eigenvalue weighted by Gasteiger charge is 2.30. The maximum absolute atomic E-state index is 12.0. The molecule has 0 fully saturated rings. The molecule has 82 valence electrons. The highest BCUT2D eigenvalue weighted by molar-refractivity contribution is 5.98. The fraction of sp³-hybridized carbons (Fsp3) is 0.222. The Morgan fingerprint density at radius 1 is 1.07 bits per heavy atom. The first-order valence-electron chi connectivity index (χ1n) is 3.82. The van der Waals surface area contributed by atoms with E-state index in [0.29, 0.717) is 12.1 Å². The van der Waals surface area contributed by atoms with Gasteiger partial charge in [0.25, 0.3) is 0 Å². The molecule has 1 nitrogen and oxygen atoms in total. The minimum Gasteiger partial charge on any atom is -0.288 e. The lowest BCUT2D eigenvalue weighted by Gasteiger charge is -2.06. The minimum atomic E-state index is -4.54. The molecule has 0 aliphatic carbocycles. The number of Topliss-reactive ketones (excluding diaryl/α,β-unsaturated/α-hetero) is 1. The van der Waals surface area contributed by atoms with Gasteiger partial charge in [-0.2, -0.15) is 13.2 Å². The number of carbonyl (C=O) groups is 1. The number of rotatable bonds is 2. The van der Waals surface area contributed by atoms with E-state index < -0.39 is 29.5 Å². The van der Waals surface area contributed by atoms with Gasteiger partial charge in [0.15, 0.2) is 0 Å². The van der Waals surface area contributed by atoms with E-state index in [4.69, 9.17) is 0 Å². The second kappa shape index (κ2) is 3.96. The third-order valence-corrected chi connectivity index (χ3v) is 1.69. The summed E-state index contributed by atoms with van der Waals surface area (Å²) in [6.45, 7) is 0. The standard InChI is InChI=1S/C9H5F5O/c10-8(11)7(15)5-1-3-6(4-2-5)9(12,13)14/h1-4,8H. The van der Waals surface area contributed by atoms with Gasteiger partial charge in [0.05, 0.1) is 5.56 Å². The summed E-state index contributed by atoms with van der Waals surface area (Å²) < 4.78 is 59.9. The molecule has 1 aromatic rings. The molecule has 15 heavy (non-hydrogen) atoms. The Hall–Kier alpha value is -1.46. The molecule has 0 radical (unpaired) electrons. The van der Waals surface area contributed by atoms with E-state index in [2.05, 4.69) is 0 Å². The van der Waals surface area contributed by atoms with E-state index in [9.17, 15) is 26.7 Å². The molecule has 0 saturated heterocycles. The summed E-state index contributed by atoms with van der Waals surface area (Å²) >= 11 is 0. The predicted molar refractivity (Wildman–Crippen MR) is 41.8 cm³/mol. The molecule has 0 N–H and O–H groups in total. The van der Waals surface area contributed by atoms with Gasteiger partial charge in [-0.25, -0.2) is 8.78 Å². The lowest BCUT2D eigenvalue weighted by molar-refractivity contribution is -0.137. The van der Waals surface area contributed by atoms with Gasteiger partial charge in [-0.1, -0.05) is 12.1 Å². The van der Waals surface area contributed by atoms with Gasteiger partial charge in [0.2, 0.25) is 5.78 Å². The fourth-order valence-corrected chi connectivity index (χ4v) is 0.949. The van der Waals surface area contributed by atoms with Crippen LogP contribution < -0.4 is 0 Å². The molecule has 1 aromatic carbocycles. The van der Waals surface area contributed by atoms with Gasteiger partial charge in [-0.3, -0.25) is 4.79 Å². The van der Waals surface area contributed by atoms with Crippen LogP contribution in [0.25, 0.3) is 0 Å². The van der Waals surface area contributed by atoms with Gasteiger partial charge in [-0.15, -0.1) is 0 Å². The molecule has 6 heteroatoms. The molecule has 0 saturated carbocycles. The number of hydrogen-bond donors (Lipinski definition) is 0. The van der Waals surface area contributed by atoms with Gasteiger partial charge >= 0.3 is 12.6 Å². The maximum atomic E-state index is 12.0. The van der Waals surface area contributed by atoms with Gasteiger partial charge < -0.3 is 0 Å². The molecule has 0 spiro atoms. The first kappa shape index (κ1) is 11.6. The summed E-state index contributed by atoms with van der Waals surface area (Å²) in [5.41, 5.74) is -1.41. The SMILES string of the molecule is O=C(c1ccc(C(F)(F)F)cc1)C(F)F. The van der Waals surface area contributed by atoms with Gasteiger partial charge in [0.1, 0.15) is 0 Å². The zero-order valence-corrected chi connectivity index (χ0v) is 7.18. The van der Waals surface area contributed by atoms with E-state index in [1.165, 1.54) is 0 Å². The highest BCUT2D eigenvalue weighted by Crippen LogP contribution is 2.29. The minimum absolute atomic E-state index is 0.432. The number of carbonyl (C=O) groups excluding carboxylic acids is 1. The molecule has 0 amide bonds. The quantitative estimate of drug-likeness (QED) is 0.557. The smallest absolute Gasteiger partial charge is 0.288 e. The van der Waals surface area contributed by atoms with Crippen LogP contribution in [0.1, 0.15) is 15.9 Å². The maximum Gasteiger partial charge on any atom is 0.416 e. The van der Waals surface area contributed by atoms with Crippen molar-refractivity contribution in [1.29, 1.82) is 0 Å². The van der Waals surface area contributed by atoms with Crippen LogP contribution in [0, 0.1) is 0 Å². The van der Waals surface area contributed by atoms with Crippen LogP contribution in [0.15, 0.2) is 24.3 Å². The summed E-state index contributed by atoms with van der Waals surface area (Å²) in [6.07, 6.45) is -7.74. The number of hydrogen-bond acceptors (Lipinski definition) is 1. The zero-order valence-electron chi connectivity index (χ0n) is 7.18. The van der Waals surface area contributed by atoms with Crippen LogP contribution in [-0.2, 0) is 6.18 Å². The average Bonchev–Trinajstić information content (AvgIpc) is 2.15. The van der Waals surface area contributed by atoms with Crippen LogP contribution in [-0.4, -0.2) is 12.2 Å². The normalized spacial score (nSPS) is 11.9. The van der Waals surface area contributed by atoms with Crippen molar-refractivity contribution in [1.82, 2.24) is 0 Å². The van der Waals surface area contributed by atoms with E-state index in [1.807, 2.05) is 0 Å². The van der Waals surface area contributed by atoms with Crippen molar-refractivity contribution in [3.05, 3.63) is 35.4 Å². The summed E-state index contributed by atoms with van der Waals surface area (Å²) in [4.78, 5) is 10.7. The largest absolute Gasteiger partial charge is 0.416 e. The Kier molecular flexibility index (Phi) is 3.06. The Balaban J connectivity index is 2.96. The molecule has 0 bridgehead atoms. The Bertz CT molecular complexity index is 352. The summed E-state index contributed by atoms with van der Waals surface area (Å²) in [5.74, 6) is -1.48. The molecule has 0 unspecified atom stereocenters. The summed E-state index contributed by atoms with van der Waals surface area (Å²) in [7, 11) is 0. The number of halogens is 5. The lowest BCUT2D eigenvalue weighted by Crippen LogP contribution is -2.11. The fourth-order valence-electron chi connectivity index (χ4n) is 0.949. The third-order valence-electron chi connectivity index (χ3n) is 1.69. The van der Waals surface area contributed by atoms with Crippen molar-refractivity contribution in [2.24, 2.45) is 0 Å². The first-order valence-corrected chi connectivity index (χ1v) is 3.82. The molecule has 0 aromatic heterocycles. The molecule has 0 heterocycles.